The van der Waals surface area contributed by atoms with E-state index in [1.165, 1.54) is 7.11 Å². The quantitative estimate of drug-likeness (QED) is 0.262. The highest BCUT2D eigenvalue weighted by Gasteiger charge is 2.42. The second kappa shape index (κ2) is 10.3. The van der Waals surface area contributed by atoms with Gasteiger partial charge in [0, 0.05) is 35.1 Å². The van der Waals surface area contributed by atoms with Gasteiger partial charge in [-0.15, -0.1) is 0 Å². The van der Waals surface area contributed by atoms with Crippen LogP contribution >= 0.6 is 12.2 Å². The Balaban J connectivity index is 1.61. The van der Waals surface area contributed by atoms with Gasteiger partial charge in [-0.05, 0) is 78.9 Å². The maximum absolute atomic E-state index is 12.2. The summed E-state index contributed by atoms with van der Waals surface area (Å²) in [5, 5.41) is 3.93. The van der Waals surface area contributed by atoms with E-state index in [9.17, 15) is 13.2 Å². The van der Waals surface area contributed by atoms with Crippen LogP contribution in [0.15, 0.2) is 91.3 Å². The Kier molecular flexibility index (Phi) is 6.87. The van der Waals surface area contributed by atoms with Gasteiger partial charge in [-0.25, -0.2) is 13.2 Å². The number of pyridine rings is 1. The third-order valence-electron chi connectivity index (χ3n) is 6.18. The topological polar surface area (TPSA) is 106 Å². The van der Waals surface area contributed by atoms with E-state index < -0.39 is 16.0 Å². The zero-order chi connectivity index (χ0) is 26.9. The fourth-order valence-corrected chi connectivity index (χ4v) is 5.52. The summed E-state index contributed by atoms with van der Waals surface area (Å²) in [6.07, 6.45) is 4.78. The summed E-state index contributed by atoms with van der Waals surface area (Å²) in [4.78, 5) is 18.8. The Morgan fingerprint density at radius 1 is 1.03 bits per heavy atom. The molecule has 0 aliphatic carbocycles. The summed E-state index contributed by atoms with van der Waals surface area (Å²) in [5.41, 5.74) is 4.19. The summed E-state index contributed by atoms with van der Waals surface area (Å²) in [7, 11) is -2.05. The number of anilines is 2. The van der Waals surface area contributed by atoms with Gasteiger partial charge in [0.05, 0.1) is 30.7 Å². The normalized spacial score (nSPS) is 17.2. The number of hydrogen-bond donors (Lipinski definition) is 2. The van der Waals surface area contributed by atoms with Crippen LogP contribution in [-0.2, 0) is 14.8 Å². The minimum atomic E-state index is -3.41. The molecule has 0 saturated carbocycles. The number of methoxy groups -OCH3 is 1. The molecular formula is C27H25N5O4S2. The number of rotatable bonds is 7. The number of carbonyl (C=O) groups is 1. The van der Waals surface area contributed by atoms with Gasteiger partial charge in [-0.1, -0.05) is 12.1 Å². The number of benzene rings is 2. The highest BCUT2D eigenvalue weighted by atomic mass is 32.2. The fraction of sp³-hybridized carbons (Fsp3) is 0.148. The number of nitrogens with one attached hydrogen (secondary N) is 2. The summed E-state index contributed by atoms with van der Waals surface area (Å²) in [5.74, 6) is -0.417. The Morgan fingerprint density at radius 2 is 1.82 bits per heavy atom. The van der Waals surface area contributed by atoms with Crippen LogP contribution in [0.1, 0.15) is 33.8 Å². The van der Waals surface area contributed by atoms with E-state index in [0.29, 0.717) is 16.4 Å². The van der Waals surface area contributed by atoms with Gasteiger partial charge >= 0.3 is 5.97 Å². The lowest BCUT2D eigenvalue weighted by molar-refractivity contribution is 0.0600. The number of nitrogens with zero attached hydrogens (tertiary/aromatic N) is 3. The van der Waals surface area contributed by atoms with Crippen molar-refractivity contribution in [3.8, 4) is 5.69 Å². The molecule has 2 aromatic carbocycles. The minimum absolute atomic E-state index is 0.282. The molecule has 2 atom stereocenters. The monoisotopic (exact) mass is 547 g/mol. The van der Waals surface area contributed by atoms with Gasteiger partial charge in [0.25, 0.3) is 0 Å². The maximum atomic E-state index is 12.2. The van der Waals surface area contributed by atoms with Crippen molar-refractivity contribution in [3.05, 3.63) is 108 Å². The minimum Gasteiger partial charge on any atom is -0.465 e. The molecular weight excluding hydrogens is 522 g/mol. The lowest BCUT2D eigenvalue weighted by Gasteiger charge is -2.29. The molecule has 1 aliphatic heterocycles. The molecule has 194 valence electrons. The second-order valence-corrected chi connectivity index (χ2v) is 10.9. The lowest BCUT2D eigenvalue weighted by atomic mass is 10.0. The number of esters is 1. The van der Waals surface area contributed by atoms with Gasteiger partial charge in [0.1, 0.15) is 6.04 Å². The maximum Gasteiger partial charge on any atom is 0.337 e. The van der Waals surface area contributed by atoms with Crippen LogP contribution in [0.4, 0.5) is 11.4 Å². The van der Waals surface area contributed by atoms with Gasteiger partial charge < -0.3 is 19.5 Å². The zero-order valence-electron chi connectivity index (χ0n) is 20.6. The largest absolute Gasteiger partial charge is 0.465 e. The van der Waals surface area contributed by atoms with Crippen LogP contribution in [0.5, 0.6) is 0 Å². The summed E-state index contributed by atoms with van der Waals surface area (Å²) in [6.45, 7) is 0. The Hall–Kier alpha value is -4.22. The smallest absolute Gasteiger partial charge is 0.337 e. The van der Waals surface area contributed by atoms with E-state index in [1.54, 1.807) is 30.5 Å². The Bertz CT molecular complexity index is 1590. The van der Waals surface area contributed by atoms with Gasteiger partial charge in [0.2, 0.25) is 10.0 Å². The third kappa shape index (κ3) is 5.11. The molecule has 11 heteroatoms. The molecule has 4 aromatic rings. The highest BCUT2D eigenvalue weighted by Crippen LogP contribution is 2.42. The highest BCUT2D eigenvalue weighted by molar-refractivity contribution is 7.92. The summed E-state index contributed by atoms with van der Waals surface area (Å²) >= 11 is 5.81. The van der Waals surface area contributed by atoms with Crippen LogP contribution in [-0.4, -0.2) is 42.4 Å². The first-order chi connectivity index (χ1) is 18.2. The third-order valence-corrected chi connectivity index (χ3v) is 7.10. The van der Waals surface area contributed by atoms with E-state index in [0.717, 1.165) is 29.0 Å². The van der Waals surface area contributed by atoms with Crippen molar-refractivity contribution >= 4 is 44.7 Å². The van der Waals surface area contributed by atoms with Crippen molar-refractivity contribution in [2.75, 3.05) is 23.0 Å². The predicted molar refractivity (Wildman–Crippen MR) is 150 cm³/mol. The molecule has 1 aliphatic rings. The van der Waals surface area contributed by atoms with Crippen molar-refractivity contribution < 1.29 is 17.9 Å². The van der Waals surface area contributed by atoms with Crippen LogP contribution in [0.25, 0.3) is 5.69 Å². The van der Waals surface area contributed by atoms with Gasteiger partial charge in [0.15, 0.2) is 5.11 Å². The molecule has 2 aromatic heterocycles. The zero-order valence-corrected chi connectivity index (χ0v) is 22.2. The molecule has 38 heavy (non-hydrogen) atoms. The average molecular weight is 548 g/mol. The standard InChI is InChI=1S/C27H25N5O4S2/c1-36-26(33)18-7-5-8-21(17-18)31-16-6-10-23(31)25-24(22-9-3-4-15-28-22)29-27(37)32(25)20-13-11-19(12-14-20)30-38(2,34)35/h3-17,24-25,30H,1-2H3,(H,29,37)/t24-,25-/m1/s1. The fourth-order valence-electron chi connectivity index (χ4n) is 4.61. The van der Waals surface area contributed by atoms with E-state index in [4.69, 9.17) is 17.0 Å². The summed E-state index contributed by atoms with van der Waals surface area (Å²) in [6, 6.07) is 23.3. The molecule has 0 bridgehead atoms. The van der Waals surface area contributed by atoms with E-state index in [2.05, 4.69) is 15.0 Å². The number of thiocarbonyl (C=S) groups is 1. The number of aromatic nitrogens is 2. The molecule has 1 saturated heterocycles. The van der Waals surface area contributed by atoms with Crippen molar-refractivity contribution in [3.63, 3.8) is 0 Å². The van der Waals surface area contributed by atoms with Crippen LogP contribution in [0.2, 0.25) is 0 Å². The molecule has 9 nitrogen and oxygen atoms in total. The number of carbonyl (C=O) groups excluding carboxylic acids is 1. The van der Waals surface area contributed by atoms with Crippen molar-refractivity contribution in [1.82, 2.24) is 14.9 Å². The van der Waals surface area contributed by atoms with E-state index in [-0.39, 0.29) is 12.1 Å². The Labute approximate surface area is 226 Å². The van der Waals surface area contributed by atoms with E-state index in [1.807, 2.05) is 70.3 Å². The predicted octanol–water partition coefficient (Wildman–Crippen LogP) is 4.21. The lowest BCUT2D eigenvalue weighted by Crippen LogP contribution is -2.30. The number of ether oxygens (including phenoxy) is 1. The van der Waals surface area contributed by atoms with Crippen molar-refractivity contribution in [2.45, 2.75) is 12.1 Å². The first kappa shape index (κ1) is 25.4. The molecule has 0 amide bonds. The number of sulfonamides is 1. The Morgan fingerprint density at radius 3 is 2.50 bits per heavy atom. The molecule has 2 N–H and O–H groups in total. The van der Waals surface area contributed by atoms with Crippen molar-refractivity contribution in [2.24, 2.45) is 0 Å². The number of hydrogen-bond acceptors (Lipinski definition) is 6. The van der Waals surface area contributed by atoms with Crippen LogP contribution in [0, 0.1) is 0 Å². The van der Waals surface area contributed by atoms with Gasteiger partial charge in [-0.2, -0.15) is 0 Å². The van der Waals surface area contributed by atoms with Crippen molar-refractivity contribution in [1.29, 1.82) is 0 Å². The average Bonchev–Trinajstić information content (AvgIpc) is 3.53. The first-order valence-corrected chi connectivity index (χ1v) is 14.0. The molecule has 1 fully saturated rings. The molecule has 0 unspecified atom stereocenters. The SMILES string of the molecule is COC(=O)c1cccc(-n2cccc2[C@@H]2[C@@H](c3ccccn3)NC(=S)N2c2ccc(NS(C)(=O)=O)cc2)c1. The van der Waals surface area contributed by atoms with Gasteiger partial charge in [-0.3, -0.25) is 9.71 Å². The summed E-state index contributed by atoms with van der Waals surface area (Å²) < 4.78 is 32.7. The molecule has 0 radical (unpaired) electrons. The van der Waals surface area contributed by atoms with E-state index >= 15 is 0 Å². The first-order valence-electron chi connectivity index (χ1n) is 11.7. The molecule has 3 heterocycles. The van der Waals surface area contributed by atoms with Crippen LogP contribution in [0.3, 0.4) is 0 Å². The second-order valence-electron chi connectivity index (χ2n) is 8.76. The molecule has 5 rings (SSSR count). The van der Waals surface area contributed by atoms with Crippen LogP contribution < -0.4 is 14.9 Å². The molecule has 0 spiro atoms.